The lowest BCUT2D eigenvalue weighted by molar-refractivity contribution is -0.254. The first-order valence-electron chi connectivity index (χ1n) is 13.3. The smallest absolute Gasteiger partial charge is 0.303 e. The van der Waals surface area contributed by atoms with Crippen LogP contribution in [-0.2, 0) is 54.0 Å². The summed E-state index contributed by atoms with van der Waals surface area (Å²) in [5.41, 5.74) is 3.37. The van der Waals surface area contributed by atoms with Crippen molar-refractivity contribution in [3.05, 3.63) is 64.7 Å². The van der Waals surface area contributed by atoms with Crippen molar-refractivity contribution in [1.82, 2.24) is 0 Å². The Morgan fingerprint density at radius 3 is 2.00 bits per heavy atom. The van der Waals surface area contributed by atoms with Crippen LogP contribution in [0.25, 0.3) is 0 Å². The van der Waals surface area contributed by atoms with E-state index in [-0.39, 0.29) is 13.4 Å². The van der Waals surface area contributed by atoms with E-state index in [2.05, 4.69) is 6.92 Å². The molecular formula is C30H34O11. The normalized spacial score (nSPS) is 25.2. The summed E-state index contributed by atoms with van der Waals surface area (Å²) in [5, 5.41) is 0. The fourth-order valence-corrected chi connectivity index (χ4v) is 5.04. The fraction of sp³-hybridized carbons (Fsp3) is 0.467. The molecule has 4 rings (SSSR count). The molecule has 0 spiro atoms. The average Bonchev–Trinajstić information content (AvgIpc) is 2.93. The van der Waals surface area contributed by atoms with Gasteiger partial charge in [0, 0.05) is 33.3 Å². The zero-order valence-electron chi connectivity index (χ0n) is 23.6. The first-order chi connectivity index (χ1) is 19.6. The Morgan fingerprint density at radius 1 is 0.780 bits per heavy atom. The maximum Gasteiger partial charge on any atom is 0.303 e. The second kappa shape index (κ2) is 13.1. The molecule has 2 aromatic carbocycles. The highest BCUT2D eigenvalue weighted by Crippen LogP contribution is 2.42. The van der Waals surface area contributed by atoms with E-state index in [0.29, 0.717) is 16.9 Å². The summed E-state index contributed by atoms with van der Waals surface area (Å²) in [5.74, 6) is -2.03. The molecule has 0 N–H and O–H groups in total. The van der Waals surface area contributed by atoms with Crippen molar-refractivity contribution < 1.29 is 52.3 Å². The van der Waals surface area contributed by atoms with Gasteiger partial charge in [0.05, 0.1) is 0 Å². The van der Waals surface area contributed by atoms with E-state index in [1.807, 2.05) is 30.3 Å². The highest BCUT2D eigenvalue weighted by molar-refractivity contribution is 5.69. The van der Waals surface area contributed by atoms with Gasteiger partial charge in [-0.25, -0.2) is 0 Å². The number of aryl methyl sites for hydroxylation is 1. The largest absolute Gasteiger partial charge is 0.467 e. The van der Waals surface area contributed by atoms with Crippen LogP contribution in [0, 0.1) is 0 Å². The van der Waals surface area contributed by atoms with Gasteiger partial charge in [0.15, 0.2) is 25.1 Å². The first kappa shape index (κ1) is 30.0. The lowest BCUT2D eigenvalue weighted by atomic mass is 9.88. The number of esters is 4. The van der Waals surface area contributed by atoms with Gasteiger partial charge in [-0.15, -0.1) is 0 Å². The zero-order valence-corrected chi connectivity index (χ0v) is 23.6. The molecule has 2 aromatic rings. The molecule has 1 fully saturated rings. The Bertz CT molecular complexity index is 1270. The molecule has 0 aromatic heterocycles. The van der Waals surface area contributed by atoms with Crippen LogP contribution in [0.1, 0.15) is 69.1 Å². The Balaban J connectivity index is 1.78. The predicted molar refractivity (Wildman–Crippen MR) is 142 cm³/mol. The van der Waals surface area contributed by atoms with Gasteiger partial charge in [0.1, 0.15) is 30.7 Å². The van der Waals surface area contributed by atoms with Crippen molar-refractivity contribution in [2.45, 2.75) is 77.7 Å². The minimum atomic E-state index is -1.26. The van der Waals surface area contributed by atoms with Crippen LogP contribution in [0.15, 0.2) is 42.5 Å². The number of hydrogen-bond donors (Lipinski definition) is 0. The number of hydrogen-bond acceptors (Lipinski definition) is 11. The molecular weight excluding hydrogens is 536 g/mol. The van der Waals surface area contributed by atoms with Crippen LogP contribution in [0.3, 0.4) is 0 Å². The molecule has 41 heavy (non-hydrogen) atoms. The van der Waals surface area contributed by atoms with Gasteiger partial charge in [0.25, 0.3) is 0 Å². The minimum absolute atomic E-state index is 0.0611. The number of carbonyl (C=O) groups is 4. The third kappa shape index (κ3) is 7.22. The topological polar surface area (TPSA) is 133 Å². The van der Waals surface area contributed by atoms with Crippen molar-refractivity contribution >= 4 is 23.9 Å². The molecule has 2 aliphatic rings. The molecule has 1 saturated heterocycles. The molecule has 0 saturated carbocycles. The zero-order chi connectivity index (χ0) is 29.7. The van der Waals surface area contributed by atoms with Crippen LogP contribution in [0.5, 0.6) is 5.75 Å². The van der Waals surface area contributed by atoms with Gasteiger partial charge in [-0.05, 0) is 35.2 Å². The standard InChI is InChI=1S/C30H34O11/c1-6-20-7-9-21(10-8-20)26-23-13-22(11-12-24(23)36-15-37-26)27-29(39-18(4)33)30(40-19(5)34)28(38-17(3)32)25(41-27)14-35-16(2)31/h7-13,25-30H,6,14-15H2,1-5H3/t25?,26-,27?,28?,29?,30?/m0/s1. The van der Waals surface area contributed by atoms with Crippen LogP contribution in [-0.4, -0.2) is 61.7 Å². The van der Waals surface area contributed by atoms with Crippen molar-refractivity contribution in [3.63, 3.8) is 0 Å². The van der Waals surface area contributed by atoms with Crippen LogP contribution >= 0.6 is 0 Å². The quantitative estimate of drug-likeness (QED) is 0.341. The molecule has 5 unspecified atom stereocenters. The Kier molecular flexibility index (Phi) is 9.61. The monoisotopic (exact) mass is 570 g/mol. The van der Waals surface area contributed by atoms with Gasteiger partial charge >= 0.3 is 23.9 Å². The second-order valence-electron chi connectivity index (χ2n) is 9.82. The van der Waals surface area contributed by atoms with Crippen molar-refractivity contribution in [1.29, 1.82) is 0 Å². The lowest BCUT2D eigenvalue weighted by Crippen LogP contribution is -2.59. The fourth-order valence-electron chi connectivity index (χ4n) is 5.04. The van der Waals surface area contributed by atoms with E-state index < -0.39 is 60.5 Å². The maximum atomic E-state index is 12.2. The number of carbonyl (C=O) groups excluding carboxylic acids is 4. The predicted octanol–water partition coefficient (Wildman–Crippen LogP) is 3.50. The van der Waals surface area contributed by atoms with E-state index in [9.17, 15) is 19.2 Å². The van der Waals surface area contributed by atoms with Crippen molar-refractivity contribution in [2.24, 2.45) is 0 Å². The molecule has 2 heterocycles. The van der Waals surface area contributed by atoms with Crippen LogP contribution in [0.4, 0.5) is 0 Å². The van der Waals surface area contributed by atoms with E-state index >= 15 is 0 Å². The highest BCUT2D eigenvalue weighted by Gasteiger charge is 2.52. The van der Waals surface area contributed by atoms with Gasteiger partial charge in [0.2, 0.25) is 0 Å². The molecule has 2 aliphatic heterocycles. The molecule has 220 valence electrons. The van der Waals surface area contributed by atoms with Gasteiger partial charge in [-0.1, -0.05) is 37.3 Å². The average molecular weight is 571 g/mol. The SMILES string of the molecule is CCc1ccc([C@@H]2OCOc3ccc(C4OC(COC(C)=O)C(OC(C)=O)C(OC(C)=O)C4OC(C)=O)cc32)cc1. The van der Waals surface area contributed by atoms with Gasteiger partial charge in [-0.2, -0.15) is 0 Å². The molecule has 0 bridgehead atoms. The van der Waals surface area contributed by atoms with Crippen LogP contribution in [0.2, 0.25) is 0 Å². The molecule has 0 radical (unpaired) electrons. The highest BCUT2D eigenvalue weighted by atomic mass is 16.7. The van der Waals surface area contributed by atoms with Gasteiger partial charge in [-0.3, -0.25) is 19.2 Å². The Labute approximate surface area is 237 Å². The molecule has 11 nitrogen and oxygen atoms in total. The number of ether oxygens (including phenoxy) is 7. The number of rotatable bonds is 8. The Morgan fingerprint density at radius 2 is 1.39 bits per heavy atom. The second-order valence-corrected chi connectivity index (χ2v) is 9.82. The molecule has 11 heteroatoms. The summed E-state index contributed by atoms with van der Waals surface area (Å²) in [7, 11) is 0. The summed E-state index contributed by atoms with van der Waals surface area (Å²) in [6.45, 7) is 6.63. The van der Waals surface area contributed by atoms with E-state index in [1.165, 1.54) is 33.3 Å². The molecule has 6 atom stereocenters. The van der Waals surface area contributed by atoms with E-state index in [0.717, 1.165) is 12.0 Å². The van der Waals surface area contributed by atoms with Crippen molar-refractivity contribution in [2.75, 3.05) is 13.4 Å². The minimum Gasteiger partial charge on any atom is -0.467 e. The third-order valence-corrected chi connectivity index (χ3v) is 6.78. The van der Waals surface area contributed by atoms with E-state index in [4.69, 9.17) is 33.2 Å². The van der Waals surface area contributed by atoms with Crippen molar-refractivity contribution in [3.8, 4) is 5.75 Å². The number of benzene rings is 2. The lowest BCUT2D eigenvalue weighted by Gasteiger charge is -2.44. The summed E-state index contributed by atoms with van der Waals surface area (Å²) >= 11 is 0. The molecule has 0 aliphatic carbocycles. The van der Waals surface area contributed by atoms with Gasteiger partial charge < -0.3 is 33.2 Å². The third-order valence-electron chi connectivity index (χ3n) is 6.78. The summed E-state index contributed by atoms with van der Waals surface area (Å²) in [6, 6.07) is 13.4. The summed E-state index contributed by atoms with van der Waals surface area (Å²) in [6.07, 6.45) is -5.31. The summed E-state index contributed by atoms with van der Waals surface area (Å²) < 4.78 is 39.9. The maximum absolute atomic E-state index is 12.2. The number of fused-ring (bicyclic) bond motifs is 1. The Hall–Kier alpha value is -3.96. The summed E-state index contributed by atoms with van der Waals surface area (Å²) in [4.78, 5) is 48.1. The van der Waals surface area contributed by atoms with Crippen LogP contribution < -0.4 is 4.74 Å². The molecule has 0 amide bonds. The van der Waals surface area contributed by atoms with E-state index in [1.54, 1.807) is 12.1 Å². The first-order valence-corrected chi connectivity index (χ1v) is 13.3.